The molecule has 2 bridgehead atoms. The molecule has 10 aliphatic carbocycles. The first-order valence-corrected chi connectivity index (χ1v) is 32.0. The number of carbonyl (C=O) groups is 2. The van der Waals surface area contributed by atoms with Crippen molar-refractivity contribution in [3.8, 4) is 11.8 Å². The summed E-state index contributed by atoms with van der Waals surface area (Å²) >= 11 is 0. The lowest BCUT2D eigenvalue weighted by atomic mass is 9.27. The van der Waals surface area contributed by atoms with Gasteiger partial charge >= 0.3 is 11.9 Å². The van der Waals surface area contributed by atoms with E-state index in [9.17, 15) is 5.11 Å². The molecule has 6 aliphatic heterocycles. The molecule has 3 N–H and O–H groups in total. The molecule has 16 atom stereocenters. The SMILES string of the molecule is C[C@@H]1CC2=C3[C@H]4C5=C6[C@@H](/C=C\[C@@H](C7CCCC7)C[C@H]7[C@]68C(=O)O/C6=C(/O)[C@@H]9[C@H](C#CCc%10ccc(CCCN)c%11c%10[C@]7(OC%11=O)[C@]68CC5)C[C@H]5[C@H]6C[C@@H](CN5[C@H]9C5CC7(CCCC7)C7(CCCC7)C5)[C@@H](CC2)N3C6)C[C@@H]41. The Morgan fingerprint density at radius 2 is 1.63 bits per heavy atom. The fourth-order valence-corrected chi connectivity index (χ4v) is 25.5. The second-order valence-corrected chi connectivity index (χ2v) is 29.7. The summed E-state index contributed by atoms with van der Waals surface area (Å²) < 4.78 is 15.2. The van der Waals surface area contributed by atoms with Gasteiger partial charge < -0.3 is 25.2 Å². The van der Waals surface area contributed by atoms with Crippen molar-refractivity contribution in [2.45, 2.75) is 198 Å². The zero-order valence-corrected chi connectivity index (χ0v) is 45.5. The third kappa shape index (κ3) is 5.20. The highest BCUT2D eigenvalue weighted by atomic mass is 16.6. The molecule has 5 saturated carbocycles. The third-order valence-corrected chi connectivity index (χ3v) is 27.7. The zero-order chi connectivity index (χ0) is 50.4. The largest absolute Gasteiger partial charge is 0.508 e. The highest BCUT2D eigenvalue weighted by Crippen LogP contribution is 2.89. The minimum absolute atomic E-state index is 0.0847. The van der Waals surface area contributed by atoms with Gasteiger partial charge in [0.05, 0.1) is 11.0 Å². The summed E-state index contributed by atoms with van der Waals surface area (Å²) in [6, 6.07) is 5.52. The van der Waals surface area contributed by atoms with Crippen LogP contribution in [0.4, 0.5) is 0 Å². The maximum Gasteiger partial charge on any atom is 0.339 e. The van der Waals surface area contributed by atoms with Gasteiger partial charge in [0.1, 0.15) is 11.2 Å². The maximum atomic E-state index is 17.0. The first-order valence-electron chi connectivity index (χ1n) is 32.0. The number of hydrogen-bond donors (Lipinski definition) is 2. The van der Waals surface area contributed by atoms with Gasteiger partial charge in [0.25, 0.3) is 0 Å². The first-order chi connectivity index (χ1) is 37.1. The molecule has 1 aromatic rings. The Kier molecular flexibility index (Phi) is 9.41. The monoisotopic (exact) mass is 1020 g/mol. The Labute approximate surface area is 451 Å². The van der Waals surface area contributed by atoms with Crippen molar-refractivity contribution >= 4 is 11.9 Å². The van der Waals surface area contributed by atoms with E-state index in [1.165, 1.54) is 121 Å². The molecule has 8 nitrogen and oxygen atoms in total. The molecular formula is C68H83N3O5. The topological polar surface area (TPSA) is 105 Å². The van der Waals surface area contributed by atoms with Crippen LogP contribution in [-0.4, -0.2) is 64.6 Å². The lowest BCUT2D eigenvalue weighted by Gasteiger charge is -2.73. The van der Waals surface area contributed by atoms with Crippen molar-refractivity contribution in [2.75, 3.05) is 19.6 Å². The molecule has 17 rings (SSSR count). The molecule has 8 heteroatoms. The molecular weight excluding hydrogens is 939 g/mol. The number of fused-ring (bicyclic) bond motifs is 12. The fraction of sp³-hybridized carbons (Fsp3) is 0.735. The molecule has 0 unspecified atom stereocenters. The number of aliphatic hydroxyl groups is 1. The second-order valence-electron chi connectivity index (χ2n) is 29.7. The van der Waals surface area contributed by atoms with E-state index in [1.807, 2.05) is 0 Å². The average molecular weight is 1020 g/mol. The molecule has 6 heterocycles. The summed E-state index contributed by atoms with van der Waals surface area (Å²) in [6.45, 7) is 5.36. The molecule has 0 radical (unpaired) electrons. The van der Waals surface area contributed by atoms with Crippen molar-refractivity contribution in [3.63, 3.8) is 0 Å². The molecule has 1 aromatic carbocycles. The first kappa shape index (κ1) is 46.0. The zero-order valence-electron chi connectivity index (χ0n) is 45.5. The van der Waals surface area contributed by atoms with Crippen LogP contribution >= 0.6 is 0 Å². The number of nitrogens with two attached hydrogens (primary N) is 1. The number of aryl methyl sites for hydroxylation is 1. The van der Waals surface area contributed by atoms with Crippen molar-refractivity contribution in [3.05, 3.63) is 80.5 Å². The highest BCUT2D eigenvalue weighted by molar-refractivity contribution is 6.01. The number of allylic oxidation sites excluding steroid dienone is 4. The minimum atomic E-state index is -1.19. The molecule has 400 valence electrons. The average Bonchev–Trinajstić information content (AvgIpc) is 2.25. The van der Waals surface area contributed by atoms with Crippen LogP contribution in [0.15, 0.2) is 58.2 Å². The van der Waals surface area contributed by atoms with E-state index >= 15 is 9.59 Å². The quantitative estimate of drug-likeness (QED) is 0.171. The number of carbonyl (C=O) groups excluding carboxylic acids is 2. The van der Waals surface area contributed by atoms with Gasteiger partial charge in [-0.25, -0.2) is 4.79 Å². The second kappa shape index (κ2) is 15.6. The van der Waals surface area contributed by atoms with Crippen LogP contribution in [0, 0.1) is 105 Å². The third-order valence-electron chi connectivity index (χ3n) is 27.7. The Balaban J connectivity index is 0.959. The molecule has 4 saturated heterocycles. The maximum absolute atomic E-state index is 17.0. The lowest BCUT2D eigenvalue weighted by molar-refractivity contribution is -0.283. The Morgan fingerprint density at radius 1 is 0.842 bits per heavy atom. The van der Waals surface area contributed by atoms with E-state index in [0.29, 0.717) is 101 Å². The number of rotatable bonds is 5. The normalized spacial score (nSPS) is 47.4. The highest BCUT2D eigenvalue weighted by Gasteiger charge is 2.94. The van der Waals surface area contributed by atoms with Gasteiger partial charge in [0.2, 0.25) is 0 Å². The van der Waals surface area contributed by atoms with E-state index in [-0.39, 0.29) is 53.5 Å². The smallest absolute Gasteiger partial charge is 0.339 e. The Hall–Kier alpha value is -3.80. The molecule has 5 spiro atoms. The number of ether oxygens (including phenoxy) is 2. The fourth-order valence-electron chi connectivity index (χ4n) is 25.5. The van der Waals surface area contributed by atoms with Gasteiger partial charge in [-0.05, 0) is 203 Å². The van der Waals surface area contributed by atoms with Crippen molar-refractivity contribution in [1.29, 1.82) is 0 Å². The van der Waals surface area contributed by atoms with Gasteiger partial charge in [-0.2, -0.15) is 0 Å². The van der Waals surface area contributed by atoms with Gasteiger partial charge in [0, 0.05) is 72.6 Å². The Bertz CT molecular complexity index is 2960. The standard InChI is InChI=1S/C68H83N3O5/c1-37-28-44-19-20-50-45-29-46-36-70(50)58(44)55-48-21-26-66-61-60(72)54-42(31-51(46)71(35-45)59(54)47-33-64(22-4-5-23-64)65(34-47)24-6-7-25-65)13-8-12-40-16-15-39(14-9-27-69)53-57(40)68(66,76-62(53)73)52-32-41(38-10-2-3-11-38)17-18-43(30-49(37)55)56(48)67(52,66)63(74)75-61/h15-18,37-38,41-43,45-47,49-52,54-55,59,72H,2-7,9-12,14,19-36,69H2,1H3/b18-17-,61-60+/t37-,41-,42-,43+,45+,46+,49-,50-,51+,52+,54-,55+,59+,66-,67-,68+/m1/s1. The molecule has 0 amide bonds. The summed E-state index contributed by atoms with van der Waals surface area (Å²) in [7, 11) is 0. The number of esters is 2. The van der Waals surface area contributed by atoms with E-state index in [0.717, 1.165) is 61.9 Å². The van der Waals surface area contributed by atoms with Crippen LogP contribution in [0.1, 0.15) is 188 Å². The van der Waals surface area contributed by atoms with Crippen molar-refractivity contribution < 1.29 is 24.2 Å². The summed E-state index contributed by atoms with van der Waals surface area (Å²) in [6.07, 6.45) is 34.8. The van der Waals surface area contributed by atoms with E-state index in [2.05, 4.69) is 52.8 Å². The van der Waals surface area contributed by atoms with Crippen LogP contribution in [0.2, 0.25) is 0 Å². The van der Waals surface area contributed by atoms with Gasteiger partial charge in [-0.1, -0.05) is 92.7 Å². The summed E-state index contributed by atoms with van der Waals surface area (Å²) in [4.78, 5) is 38.9. The molecule has 9 fully saturated rings. The van der Waals surface area contributed by atoms with Crippen molar-refractivity contribution in [1.82, 2.24) is 9.80 Å². The van der Waals surface area contributed by atoms with E-state index in [4.69, 9.17) is 15.2 Å². The number of benzene rings is 1. The van der Waals surface area contributed by atoms with Crippen molar-refractivity contribution in [2.24, 2.45) is 98.4 Å². The van der Waals surface area contributed by atoms with Gasteiger partial charge in [-0.3, -0.25) is 9.69 Å². The predicted octanol–water partition coefficient (Wildman–Crippen LogP) is 12.2. The molecule has 76 heavy (non-hydrogen) atoms. The molecule has 16 aliphatic rings. The number of nitrogens with zero attached hydrogens (tertiary/aromatic N) is 2. The minimum Gasteiger partial charge on any atom is -0.508 e. The van der Waals surface area contributed by atoms with Gasteiger partial charge in [-0.15, -0.1) is 0 Å². The van der Waals surface area contributed by atoms with Crippen LogP contribution < -0.4 is 5.73 Å². The van der Waals surface area contributed by atoms with E-state index in [1.54, 1.807) is 16.8 Å². The van der Waals surface area contributed by atoms with Crippen LogP contribution in [-0.2, 0) is 32.7 Å². The van der Waals surface area contributed by atoms with Crippen LogP contribution in [0.25, 0.3) is 0 Å². The van der Waals surface area contributed by atoms with Crippen LogP contribution in [0.3, 0.4) is 0 Å². The number of piperidine rings is 3. The van der Waals surface area contributed by atoms with Crippen LogP contribution in [0.5, 0.6) is 0 Å². The predicted molar refractivity (Wildman–Crippen MR) is 290 cm³/mol. The summed E-state index contributed by atoms with van der Waals surface area (Å²) in [5.74, 6) is 11.6. The number of aliphatic hydroxyl groups excluding tert-OH is 1. The summed E-state index contributed by atoms with van der Waals surface area (Å²) in [5.41, 5.74) is 13.8. The Morgan fingerprint density at radius 3 is 2.42 bits per heavy atom. The van der Waals surface area contributed by atoms with Gasteiger partial charge in [0.15, 0.2) is 11.4 Å². The molecule has 0 aromatic heterocycles. The van der Waals surface area contributed by atoms with E-state index < -0.39 is 16.4 Å². The summed E-state index contributed by atoms with van der Waals surface area (Å²) in [5, 5.41) is 14.7. The lowest BCUT2D eigenvalue weighted by Crippen LogP contribution is -2.78. The number of hydrogen-bond acceptors (Lipinski definition) is 8.